The molecular formula is C23H18N2O3S. The average molecular weight is 402 g/mol. The van der Waals surface area contributed by atoms with Crippen LogP contribution in [0.5, 0.6) is 0 Å². The zero-order chi connectivity index (χ0) is 20.4. The topological polar surface area (TPSA) is 78.8 Å². The summed E-state index contributed by atoms with van der Waals surface area (Å²) in [6.07, 6.45) is 1.84. The Morgan fingerprint density at radius 2 is 1.79 bits per heavy atom. The van der Waals surface area contributed by atoms with Crippen molar-refractivity contribution >= 4 is 51.3 Å². The van der Waals surface area contributed by atoms with Crippen molar-refractivity contribution in [3.8, 4) is 0 Å². The number of amidine groups is 1. The predicted octanol–water partition coefficient (Wildman–Crippen LogP) is 5.11. The van der Waals surface area contributed by atoms with E-state index >= 15 is 0 Å². The number of benzene rings is 3. The van der Waals surface area contributed by atoms with Crippen molar-refractivity contribution in [3.05, 3.63) is 82.8 Å². The Morgan fingerprint density at radius 3 is 2.52 bits per heavy atom. The van der Waals surface area contributed by atoms with Crippen molar-refractivity contribution in [1.29, 1.82) is 0 Å². The first-order valence-electron chi connectivity index (χ1n) is 9.11. The molecule has 6 heteroatoms. The molecule has 2 N–H and O–H groups in total. The van der Waals surface area contributed by atoms with Crippen molar-refractivity contribution in [2.75, 3.05) is 5.32 Å². The Kier molecular flexibility index (Phi) is 5.18. The third kappa shape index (κ3) is 4.22. The van der Waals surface area contributed by atoms with Crippen LogP contribution < -0.4 is 5.32 Å². The number of amides is 1. The van der Waals surface area contributed by atoms with Gasteiger partial charge in [0, 0.05) is 5.69 Å². The number of rotatable bonds is 4. The summed E-state index contributed by atoms with van der Waals surface area (Å²) >= 11 is 1.29. The maximum absolute atomic E-state index is 12.3. The van der Waals surface area contributed by atoms with Gasteiger partial charge in [-0.1, -0.05) is 48.5 Å². The highest BCUT2D eigenvalue weighted by molar-refractivity contribution is 8.18. The van der Waals surface area contributed by atoms with Gasteiger partial charge in [-0.15, -0.1) is 0 Å². The summed E-state index contributed by atoms with van der Waals surface area (Å²) in [7, 11) is 0. The van der Waals surface area contributed by atoms with E-state index in [9.17, 15) is 9.59 Å². The summed E-state index contributed by atoms with van der Waals surface area (Å²) in [5, 5.41) is 15.0. The first-order chi connectivity index (χ1) is 14.0. The molecule has 1 atom stereocenters. The molecule has 0 saturated carbocycles. The van der Waals surface area contributed by atoms with E-state index in [1.165, 1.54) is 11.8 Å². The van der Waals surface area contributed by atoms with Gasteiger partial charge < -0.3 is 10.4 Å². The molecule has 1 aliphatic heterocycles. The van der Waals surface area contributed by atoms with Gasteiger partial charge in [0.2, 0.25) is 0 Å². The Labute approximate surface area is 172 Å². The number of hydrogen-bond donors (Lipinski definition) is 2. The zero-order valence-corrected chi connectivity index (χ0v) is 16.4. The summed E-state index contributed by atoms with van der Waals surface area (Å²) in [5.41, 5.74) is 2.41. The van der Waals surface area contributed by atoms with Crippen LogP contribution >= 0.6 is 11.8 Å². The van der Waals surface area contributed by atoms with Crippen molar-refractivity contribution in [3.63, 3.8) is 0 Å². The third-order valence-electron chi connectivity index (χ3n) is 4.72. The lowest BCUT2D eigenvalue weighted by atomic mass is 10.0. The Bertz CT molecular complexity index is 1170. The highest BCUT2D eigenvalue weighted by Gasteiger charge is 2.22. The molecule has 144 valence electrons. The number of carbonyl (C=O) groups excluding carboxylic acids is 1. The Morgan fingerprint density at radius 1 is 1.07 bits per heavy atom. The minimum Gasteiger partial charge on any atom is -0.481 e. The van der Waals surface area contributed by atoms with Gasteiger partial charge in [0.05, 0.1) is 10.8 Å². The van der Waals surface area contributed by atoms with Crippen molar-refractivity contribution in [2.45, 2.75) is 12.8 Å². The monoisotopic (exact) mass is 402 g/mol. The van der Waals surface area contributed by atoms with E-state index in [0.717, 1.165) is 27.6 Å². The van der Waals surface area contributed by atoms with Gasteiger partial charge in [0.25, 0.3) is 5.91 Å². The molecule has 0 aromatic heterocycles. The molecule has 5 nitrogen and oxygen atoms in total. The molecule has 1 aliphatic rings. The number of fused-ring (bicyclic) bond motifs is 1. The first-order valence-corrected chi connectivity index (χ1v) is 9.92. The van der Waals surface area contributed by atoms with Crippen molar-refractivity contribution in [2.24, 2.45) is 4.99 Å². The highest BCUT2D eigenvalue weighted by atomic mass is 32.2. The normalized spacial score (nSPS) is 16.1. The Hall–Kier alpha value is -3.38. The second-order valence-electron chi connectivity index (χ2n) is 6.75. The highest BCUT2D eigenvalue weighted by Crippen LogP contribution is 2.30. The third-order valence-corrected chi connectivity index (χ3v) is 5.62. The van der Waals surface area contributed by atoms with Crippen LogP contribution in [0.25, 0.3) is 16.8 Å². The number of carboxylic acid groups (broad SMARTS) is 1. The molecule has 3 aromatic carbocycles. The van der Waals surface area contributed by atoms with E-state index in [1.807, 2.05) is 42.5 Å². The van der Waals surface area contributed by atoms with E-state index in [-0.39, 0.29) is 5.91 Å². The van der Waals surface area contributed by atoms with E-state index in [0.29, 0.717) is 10.1 Å². The molecule has 0 spiro atoms. The van der Waals surface area contributed by atoms with E-state index < -0.39 is 11.9 Å². The zero-order valence-electron chi connectivity index (χ0n) is 15.6. The quantitative estimate of drug-likeness (QED) is 0.593. The number of anilines is 1. The number of thioether (sulfide) groups is 1. The lowest BCUT2D eigenvalue weighted by molar-refractivity contribution is -0.138. The molecule has 4 rings (SSSR count). The minimum absolute atomic E-state index is 0.276. The van der Waals surface area contributed by atoms with Crippen LogP contribution in [0.15, 0.2) is 76.6 Å². The summed E-state index contributed by atoms with van der Waals surface area (Å²) in [5.74, 6) is -1.71. The molecule has 3 aromatic rings. The number of aliphatic imine (C=N–C) groups is 1. The molecule has 1 heterocycles. The number of nitrogens with zero attached hydrogens (tertiary/aromatic N) is 1. The van der Waals surface area contributed by atoms with Crippen LogP contribution in [0.4, 0.5) is 5.69 Å². The summed E-state index contributed by atoms with van der Waals surface area (Å²) in [6.45, 7) is 1.64. The van der Waals surface area contributed by atoms with Gasteiger partial charge >= 0.3 is 5.97 Å². The smallest absolute Gasteiger partial charge is 0.310 e. The summed E-state index contributed by atoms with van der Waals surface area (Å²) < 4.78 is 0. The minimum atomic E-state index is -0.865. The van der Waals surface area contributed by atoms with Gasteiger partial charge in [-0.3, -0.25) is 9.59 Å². The number of aliphatic carboxylic acids is 1. The molecule has 0 aliphatic carbocycles. The summed E-state index contributed by atoms with van der Waals surface area (Å²) in [6, 6.07) is 21.2. The fourth-order valence-corrected chi connectivity index (χ4v) is 3.87. The molecule has 0 saturated heterocycles. The Balaban J connectivity index is 1.47. The molecule has 0 bridgehead atoms. The van der Waals surface area contributed by atoms with E-state index in [4.69, 9.17) is 5.11 Å². The number of hydrogen-bond acceptors (Lipinski definition) is 4. The van der Waals surface area contributed by atoms with Crippen LogP contribution in [-0.4, -0.2) is 22.2 Å². The van der Waals surface area contributed by atoms with Gasteiger partial charge in [-0.05, 0) is 64.9 Å². The van der Waals surface area contributed by atoms with E-state index in [2.05, 4.69) is 16.4 Å². The maximum atomic E-state index is 12.3. The number of nitrogens with one attached hydrogen (secondary N) is 1. The average Bonchev–Trinajstić information content (AvgIpc) is 3.06. The molecule has 0 fully saturated rings. The molecule has 1 amide bonds. The fraction of sp³-hybridized carbons (Fsp3) is 0.0870. The second kappa shape index (κ2) is 7.93. The van der Waals surface area contributed by atoms with Gasteiger partial charge in [-0.25, -0.2) is 0 Å². The van der Waals surface area contributed by atoms with Gasteiger partial charge in [0.1, 0.15) is 0 Å². The van der Waals surface area contributed by atoms with Gasteiger partial charge in [0.15, 0.2) is 5.17 Å². The van der Waals surface area contributed by atoms with Crippen LogP contribution in [0.2, 0.25) is 0 Å². The SMILES string of the molecule is CC(C(=O)O)c1ccc(NC2=NC(=O)/C(=C/c3ccc4ccccc4c3)S2)cc1. The van der Waals surface area contributed by atoms with Crippen LogP contribution in [0.3, 0.4) is 0 Å². The summed E-state index contributed by atoms with van der Waals surface area (Å²) in [4.78, 5) is 28.0. The van der Waals surface area contributed by atoms with Crippen LogP contribution in [0, 0.1) is 0 Å². The fourth-order valence-electron chi connectivity index (χ4n) is 3.03. The maximum Gasteiger partial charge on any atom is 0.310 e. The molecule has 1 unspecified atom stereocenters. The molecular weight excluding hydrogens is 384 g/mol. The first kappa shape index (κ1) is 19.0. The van der Waals surface area contributed by atoms with Crippen molar-refractivity contribution < 1.29 is 14.7 Å². The predicted molar refractivity (Wildman–Crippen MR) is 118 cm³/mol. The van der Waals surface area contributed by atoms with Crippen molar-refractivity contribution in [1.82, 2.24) is 0 Å². The van der Waals surface area contributed by atoms with Crippen LogP contribution in [-0.2, 0) is 9.59 Å². The standard InChI is InChI=1S/C23H18N2O3S/c1-14(22(27)28)16-8-10-19(11-9-16)24-23-25-21(26)20(29-23)13-15-6-7-17-4-2-3-5-18(17)12-15/h2-14H,1H3,(H,27,28)(H,24,25,26)/b20-13-. The molecule has 0 radical (unpaired) electrons. The lowest BCUT2D eigenvalue weighted by Crippen LogP contribution is -2.08. The number of carbonyl (C=O) groups is 2. The van der Waals surface area contributed by atoms with Crippen LogP contribution in [0.1, 0.15) is 24.0 Å². The molecule has 29 heavy (non-hydrogen) atoms. The lowest BCUT2D eigenvalue weighted by Gasteiger charge is -2.09. The second-order valence-corrected chi connectivity index (χ2v) is 7.78. The van der Waals surface area contributed by atoms with E-state index in [1.54, 1.807) is 31.2 Å². The number of carboxylic acids is 1. The largest absolute Gasteiger partial charge is 0.481 e. The van der Waals surface area contributed by atoms with Gasteiger partial charge in [-0.2, -0.15) is 4.99 Å².